The van der Waals surface area contributed by atoms with Crippen LogP contribution in [0.5, 0.6) is 0 Å². The predicted octanol–water partition coefficient (Wildman–Crippen LogP) is 0.287. The van der Waals surface area contributed by atoms with Gasteiger partial charge in [-0.2, -0.15) is 0 Å². The molecule has 1 aliphatic rings. The van der Waals surface area contributed by atoms with Crippen LogP contribution in [-0.2, 0) is 29.2 Å². The van der Waals surface area contributed by atoms with Gasteiger partial charge in [-0.05, 0) is 12.0 Å². The molecule has 1 amide bonds. The fourth-order valence-corrected chi connectivity index (χ4v) is 3.45. The van der Waals surface area contributed by atoms with E-state index in [1.807, 2.05) is 30.3 Å². The van der Waals surface area contributed by atoms with E-state index in [9.17, 15) is 14.4 Å². The molecule has 2 aromatic heterocycles. The SMILES string of the molecule is COCCn1cnc2c1c(=O)n(CC(=O)N1CCC1)c(=O)n2Cc1ccccc1. The predicted molar refractivity (Wildman–Crippen MR) is 107 cm³/mol. The summed E-state index contributed by atoms with van der Waals surface area (Å²) in [4.78, 5) is 44.8. The zero-order valence-corrected chi connectivity index (χ0v) is 16.3. The molecule has 0 unspecified atom stereocenters. The molecule has 0 radical (unpaired) electrons. The van der Waals surface area contributed by atoms with Crippen LogP contribution in [0.15, 0.2) is 46.2 Å². The Hall–Kier alpha value is -3.20. The second-order valence-electron chi connectivity index (χ2n) is 7.08. The Morgan fingerprint density at radius 3 is 2.55 bits per heavy atom. The number of ether oxygens (including phenoxy) is 1. The molecule has 1 aliphatic heterocycles. The van der Waals surface area contributed by atoms with Crippen molar-refractivity contribution in [2.24, 2.45) is 0 Å². The topological polar surface area (TPSA) is 91.4 Å². The molecule has 0 aliphatic carbocycles. The number of imidazole rings is 1. The van der Waals surface area contributed by atoms with Gasteiger partial charge in [0.25, 0.3) is 5.56 Å². The maximum atomic E-state index is 13.2. The molecule has 29 heavy (non-hydrogen) atoms. The van der Waals surface area contributed by atoms with Gasteiger partial charge >= 0.3 is 5.69 Å². The van der Waals surface area contributed by atoms with Crippen LogP contribution in [0.1, 0.15) is 12.0 Å². The van der Waals surface area contributed by atoms with Gasteiger partial charge in [0.05, 0.1) is 19.5 Å². The lowest BCUT2D eigenvalue weighted by Crippen LogP contribution is -2.48. The molecule has 0 spiro atoms. The molecule has 3 aromatic rings. The first-order chi connectivity index (χ1) is 14.1. The molecule has 1 fully saturated rings. The van der Waals surface area contributed by atoms with E-state index in [2.05, 4.69) is 4.98 Å². The molecule has 1 saturated heterocycles. The van der Waals surface area contributed by atoms with E-state index in [0.717, 1.165) is 16.6 Å². The summed E-state index contributed by atoms with van der Waals surface area (Å²) in [6.07, 6.45) is 2.48. The van der Waals surface area contributed by atoms with Crippen molar-refractivity contribution in [3.8, 4) is 0 Å². The number of hydrogen-bond acceptors (Lipinski definition) is 5. The molecule has 0 N–H and O–H groups in total. The van der Waals surface area contributed by atoms with Crippen LogP contribution in [-0.4, -0.2) is 56.3 Å². The largest absolute Gasteiger partial charge is 0.383 e. The number of likely N-dealkylation sites (tertiary alicyclic amines) is 1. The number of methoxy groups -OCH3 is 1. The van der Waals surface area contributed by atoms with Crippen molar-refractivity contribution < 1.29 is 9.53 Å². The summed E-state index contributed by atoms with van der Waals surface area (Å²) in [7, 11) is 1.58. The van der Waals surface area contributed by atoms with Crippen molar-refractivity contribution >= 4 is 17.1 Å². The second-order valence-corrected chi connectivity index (χ2v) is 7.08. The van der Waals surface area contributed by atoms with Crippen molar-refractivity contribution in [3.63, 3.8) is 0 Å². The highest BCUT2D eigenvalue weighted by Crippen LogP contribution is 2.11. The average Bonchev–Trinajstić information content (AvgIpc) is 3.10. The standard InChI is InChI=1S/C20H23N5O4/c1-29-11-10-23-14-21-18-17(23)19(27)25(13-16(26)22-8-5-9-22)20(28)24(18)12-15-6-3-2-4-7-15/h2-4,6-7,14H,5,8-13H2,1H3. The Balaban J connectivity index is 1.85. The highest BCUT2D eigenvalue weighted by atomic mass is 16.5. The number of hydrogen-bond donors (Lipinski definition) is 0. The van der Waals surface area contributed by atoms with Gasteiger partial charge in [-0.25, -0.2) is 14.3 Å². The molecule has 3 heterocycles. The molecule has 0 atom stereocenters. The summed E-state index contributed by atoms with van der Waals surface area (Å²) >= 11 is 0. The first kappa shape index (κ1) is 19.1. The van der Waals surface area contributed by atoms with Gasteiger partial charge < -0.3 is 14.2 Å². The number of amides is 1. The second kappa shape index (κ2) is 8.04. The molecule has 0 bridgehead atoms. The maximum Gasteiger partial charge on any atom is 0.333 e. The zero-order valence-electron chi connectivity index (χ0n) is 16.3. The maximum absolute atomic E-state index is 13.2. The van der Waals surface area contributed by atoms with Gasteiger partial charge in [0.2, 0.25) is 5.91 Å². The third-order valence-electron chi connectivity index (χ3n) is 5.21. The molecular weight excluding hydrogens is 374 g/mol. The fraction of sp³-hybridized carbons (Fsp3) is 0.400. The minimum absolute atomic E-state index is 0.219. The van der Waals surface area contributed by atoms with Crippen LogP contribution < -0.4 is 11.2 Å². The van der Waals surface area contributed by atoms with E-state index in [0.29, 0.717) is 37.4 Å². The summed E-state index contributed by atoms with van der Waals surface area (Å²) in [5, 5.41) is 0. The number of aromatic nitrogens is 4. The van der Waals surface area contributed by atoms with Gasteiger partial charge in [-0.1, -0.05) is 30.3 Å². The fourth-order valence-electron chi connectivity index (χ4n) is 3.45. The Labute approximate surface area is 166 Å². The number of nitrogens with zero attached hydrogens (tertiary/aromatic N) is 5. The zero-order chi connectivity index (χ0) is 20.4. The lowest BCUT2D eigenvalue weighted by Gasteiger charge is -2.31. The molecule has 1 aromatic carbocycles. The average molecular weight is 397 g/mol. The molecular formula is C20H23N5O4. The number of carbonyl (C=O) groups is 1. The van der Waals surface area contributed by atoms with Gasteiger partial charge in [-0.15, -0.1) is 0 Å². The van der Waals surface area contributed by atoms with Crippen LogP contribution in [0.25, 0.3) is 11.2 Å². The third kappa shape index (κ3) is 3.61. The van der Waals surface area contributed by atoms with Crippen LogP contribution >= 0.6 is 0 Å². The summed E-state index contributed by atoms with van der Waals surface area (Å²) in [6.45, 7) is 2.15. The molecule has 4 rings (SSSR count). The number of rotatable bonds is 7. The summed E-state index contributed by atoms with van der Waals surface area (Å²) in [6, 6.07) is 9.48. The molecule has 9 heteroatoms. The highest BCUT2D eigenvalue weighted by molar-refractivity contribution is 5.77. The van der Waals surface area contributed by atoms with E-state index in [1.165, 1.54) is 10.9 Å². The van der Waals surface area contributed by atoms with Crippen molar-refractivity contribution in [3.05, 3.63) is 63.1 Å². The normalized spacial score (nSPS) is 13.6. The first-order valence-corrected chi connectivity index (χ1v) is 9.59. The van der Waals surface area contributed by atoms with Crippen molar-refractivity contribution in [1.29, 1.82) is 0 Å². The number of fused-ring (bicyclic) bond motifs is 1. The van der Waals surface area contributed by atoms with Gasteiger partial charge in [0.15, 0.2) is 11.2 Å². The Morgan fingerprint density at radius 1 is 1.14 bits per heavy atom. The quantitative estimate of drug-likeness (QED) is 0.571. The highest BCUT2D eigenvalue weighted by Gasteiger charge is 2.24. The summed E-state index contributed by atoms with van der Waals surface area (Å²) < 4.78 is 9.27. The number of carbonyl (C=O) groups excluding carboxylic acids is 1. The van der Waals surface area contributed by atoms with Crippen LogP contribution in [0.4, 0.5) is 0 Å². The van der Waals surface area contributed by atoms with E-state index in [-0.39, 0.29) is 19.0 Å². The molecule has 9 nitrogen and oxygen atoms in total. The van der Waals surface area contributed by atoms with Crippen molar-refractivity contribution in [1.82, 2.24) is 23.6 Å². The van der Waals surface area contributed by atoms with Crippen molar-refractivity contribution in [2.75, 3.05) is 26.8 Å². The smallest absolute Gasteiger partial charge is 0.333 e. The Morgan fingerprint density at radius 2 is 1.90 bits per heavy atom. The van der Waals surface area contributed by atoms with Crippen LogP contribution in [0.2, 0.25) is 0 Å². The Bertz CT molecular complexity index is 1140. The summed E-state index contributed by atoms with van der Waals surface area (Å²) in [5.74, 6) is -0.219. The Kier molecular flexibility index (Phi) is 5.30. The van der Waals surface area contributed by atoms with Crippen LogP contribution in [0, 0.1) is 0 Å². The monoisotopic (exact) mass is 397 g/mol. The molecule has 0 saturated carbocycles. The summed E-state index contributed by atoms with van der Waals surface area (Å²) in [5.41, 5.74) is 0.484. The number of benzene rings is 1. The van der Waals surface area contributed by atoms with Crippen LogP contribution in [0.3, 0.4) is 0 Å². The van der Waals surface area contributed by atoms with Gasteiger partial charge in [0, 0.05) is 26.7 Å². The minimum atomic E-state index is -0.530. The van der Waals surface area contributed by atoms with Gasteiger partial charge in [-0.3, -0.25) is 14.2 Å². The minimum Gasteiger partial charge on any atom is -0.383 e. The first-order valence-electron chi connectivity index (χ1n) is 9.59. The third-order valence-corrected chi connectivity index (χ3v) is 5.21. The van der Waals surface area contributed by atoms with E-state index in [1.54, 1.807) is 16.6 Å². The van der Waals surface area contributed by atoms with E-state index < -0.39 is 11.2 Å². The van der Waals surface area contributed by atoms with Crippen molar-refractivity contribution in [2.45, 2.75) is 26.1 Å². The van der Waals surface area contributed by atoms with Gasteiger partial charge in [0.1, 0.15) is 6.54 Å². The van der Waals surface area contributed by atoms with E-state index >= 15 is 0 Å². The lowest BCUT2D eigenvalue weighted by molar-refractivity contribution is -0.135. The molecule has 152 valence electrons. The lowest BCUT2D eigenvalue weighted by atomic mass is 10.2. The van der Waals surface area contributed by atoms with E-state index in [4.69, 9.17) is 4.74 Å².